The van der Waals surface area contributed by atoms with E-state index in [0.717, 1.165) is 0 Å². The fourth-order valence-corrected chi connectivity index (χ4v) is 3.55. The third kappa shape index (κ3) is 5.15. The van der Waals surface area contributed by atoms with Crippen LogP contribution in [0.4, 0.5) is 5.69 Å². The average molecular weight is 415 g/mol. The molecule has 2 aromatic rings. The lowest BCUT2D eigenvalue weighted by atomic mass is 9.95. The van der Waals surface area contributed by atoms with Crippen LogP contribution in [-0.4, -0.2) is 42.4 Å². The predicted molar refractivity (Wildman–Crippen MR) is 111 cm³/mol. The molecular weight excluding hydrogens is 392 g/mol. The number of hydrogen-bond acceptors (Lipinski definition) is 4. The van der Waals surface area contributed by atoms with E-state index in [1.165, 1.54) is 0 Å². The van der Waals surface area contributed by atoms with E-state index in [0.29, 0.717) is 54.4 Å². The Balaban J connectivity index is 1.57. The Bertz CT molecular complexity index is 907. The zero-order valence-corrected chi connectivity index (χ0v) is 16.9. The van der Waals surface area contributed by atoms with Gasteiger partial charge in [0.25, 0.3) is 5.91 Å². The Morgan fingerprint density at radius 2 is 1.83 bits per heavy atom. The Morgan fingerprint density at radius 1 is 1.10 bits per heavy atom. The number of esters is 1. The topological polar surface area (TPSA) is 75.7 Å². The number of rotatable bonds is 5. The van der Waals surface area contributed by atoms with Crippen LogP contribution in [0.1, 0.15) is 40.5 Å². The lowest BCUT2D eigenvalue weighted by Gasteiger charge is -2.31. The number of nitrogens with one attached hydrogen (secondary N) is 1. The number of hydrogen-bond donors (Lipinski definition) is 1. The van der Waals surface area contributed by atoms with Crippen LogP contribution in [-0.2, 0) is 9.53 Å². The highest BCUT2D eigenvalue weighted by molar-refractivity contribution is 6.33. The Kier molecular flexibility index (Phi) is 6.88. The number of carbonyl (C=O) groups excluding carboxylic acids is 3. The zero-order chi connectivity index (χ0) is 20.8. The van der Waals surface area contributed by atoms with Gasteiger partial charge in [-0.3, -0.25) is 9.59 Å². The third-order valence-corrected chi connectivity index (χ3v) is 5.23. The summed E-state index contributed by atoms with van der Waals surface area (Å²) in [6.07, 6.45) is 1.14. The monoisotopic (exact) mass is 414 g/mol. The molecule has 1 fully saturated rings. The number of benzene rings is 2. The van der Waals surface area contributed by atoms with Gasteiger partial charge in [-0.25, -0.2) is 4.79 Å². The highest BCUT2D eigenvalue weighted by atomic mass is 35.5. The molecule has 0 bridgehead atoms. The molecular formula is C22H23ClN2O4. The van der Waals surface area contributed by atoms with Crippen molar-refractivity contribution in [3.8, 4) is 0 Å². The van der Waals surface area contributed by atoms with Crippen LogP contribution in [0.15, 0.2) is 48.5 Å². The largest absolute Gasteiger partial charge is 0.462 e. The fourth-order valence-electron chi connectivity index (χ4n) is 3.33. The van der Waals surface area contributed by atoms with Gasteiger partial charge in [-0.1, -0.05) is 29.8 Å². The SMILES string of the molecule is CCOC(=O)c1cccc(NC(=O)C2CCN(C(=O)c3ccccc3Cl)CC2)c1. The number of halogens is 1. The molecule has 2 amide bonds. The van der Waals surface area contributed by atoms with E-state index in [1.807, 2.05) is 0 Å². The second-order valence-electron chi connectivity index (χ2n) is 6.84. The molecule has 0 saturated carbocycles. The summed E-state index contributed by atoms with van der Waals surface area (Å²) < 4.78 is 4.98. The highest BCUT2D eigenvalue weighted by Gasteiger charge is 2.28. The van der Waals surface area contributed by atoms with Crippen molar-refractivity contribution in [2.24, 2.45) is 5.92 Å². The Hall–Kier alpha value is -2.86. The van der Waals surface area contributed by atoms with Gasteiger partial charge in [0.2, 0.25) is 5.91 Å². The van der Waals surface area contributed by atoms with Gasteiger partial charge in [-0.05, 0) is 50.1 Å². The molecule has 0 spiro atoms. The molecule has 1 aliphatic heterocycles. The van der Waals surface area contributed by atoms with Crippen LogP contribution in [0.25, 0.3) is 0 Å². The quantitative estimate of drug-likeness (QED) is 0.750. The van der Waals surface area contributed by atoms with Gasteiger partial charge < -0.3 is 15.0 Å². The van der Waals surface area contributed by atoms with Crippen LogP contribution in [0.2, 0.25) is 5.02 Å². The number of ether oxygens (including phenoxy) is 1. The van der Waals surface area contributed by atoms with Gasteiger partial charge in [0.1, 0.15) is 0 Å². The lowest BCUT2D eigenvalue weighted by Crippen LogP contribution is -2.41. The second-order valence-corrected chi connectivity index (χ2v) is 7.24. The normalized spacial score (nSPS) is 14.3. The van der Waals surface area contributed by atoms with Crippen LogP contribution in [0, 0.1) is 5.92 Å². The number of likely N-dealkylation sites (tertiary alicyclic amines) is 1. The van der Waals surface area contributed by atoms with Gasteiger partial charge in [0.05, 0.1) is 22.8 Å². The molecule has 1 saturated heterocycles. The van der Waals surface area contributed by atoms with Crippen LogP contribution < -0.4 is 5.32 Å². The molecule has 152 valence electrons. The lowest BCUT2D eigenvalue weighted by molar-refractivity contribution is -0.121. The number of nitrogens with zero attached hydrogens (tertiary/aromatic N) is 1. The van der Waals surface area contributed by atoms with Crippen molar-refractivity contribution in [3.63, 3.8) is 0 Å². The minimum Gasteiger partial charge on any atom is -0.462 e. The first kappa shape index (κ1) is 20.9. The molecule has 3 rings (SSSR count). The molecule has 6 nitrogen and oxygen atoms in total. The molecule has 0 aliphatic carbocycles. The van der Waals surface area contributed by atoms with Gasteiger partial charge in [0, 0.05) is 24.7 Å². The van der Waals surface area contributed by atoms with E-state index in [2.05, 4.69) is 5.32 Å². The first-order valence-corrected chi connectivity index (χ1v) is 9.99. The smallest absolute Gasteiger partial charge is 0.338 e. The van der Waals surface area contributed by atoms with E-state index >= 15 is 0 Å². The maximum absolute atomic E-state index is 12.6. The molecule has 0 atom stereocenters. The summed E-state index contributed by atoms with van der Waals surface area (Å²) in [6, 6.07) is 13.7. The third-order valence-electron chi connectivity index (χ3n) is 4.90. The summed E-state index contributed by atoms with van der Waals surface area (Å²) in [5.74, 6) is -0.848. The molecule has 0 unspecified atom stereocenters. The van der Waals surface area contributed by atoms with Crippen LogP contribution in [0.5, 0.6) is 0 Å². The highest BCUT2D eigenvalue weighted by Crippen LogP contribution is 2.23. The molecule has 1 heterocycles. The summed E-state index contributed by atoms with van der Waals surface area (Å²) in [5.41, 5.74) is 1.42. The van der Waals surface area contributed by atoms with Crippen molar-refractivity contribution < 1.29 is 19.1 Å². The van der Waals surface area contributed by atoms with Crippen molar-refractivity contribution >= 4 is 35.1 Å². The average Bonchev–Trinajstić information content (AvgIpc) is 2.74. The van der Waals surface area contributed by atoms with Crippen molar-refractivity contribution in [3.05, 3.63) is 64.7 Å². The van der Waals surface area contributed by atoms with Crippen molar-refractivity contribution in [1.82, 2.24) is 4.90 Å². The van der Waals surface area contributed by atoms with E-state index in [4.69, 9.17) is 16.3 Å². The minimum atomic E-state index is -0.421. The van der Waals surface area contributed by atoms with Crippen LogP contribution in [0.3, 0.4) is 0 Å². The number of amides is 2. The van der Waals surface area contributed by atoms with Gasteiger partial charge >= 0.3 is 5.97 Å². The summed E-state index contributed by atoms with van der Waals surface area (Å²) in [5, 5.41) is 3.29. The standard InChI is InChI=1S/C22H23ClN2O4/c1-2-29-22(28)16-6-5-7-17(14-16)24-20(26)15-10-12-25(13-11-15)21(27)18-8-3-4-9-19(18)23/h3-9,14-15H,2,10-13H2,1H3,(H,24,26). The summed E-state index contributed by atoms with van der Waals surface area (Å²) >= 11 is 6.12. The summed E-state index contributed by atoms with van der Waals surface area (Å²) in [6.45, 7) is 3.02. The van der Waals surface area contributed by atoms with Gasteiger partial charge in [-0.2, -0.15) is 0 Å². The summed E-state index contributed by atoms with van der Waals surface area (Å²) in [4.78, 5) is 38.8. The van der Waals surface area contributed by atoms with E-state index in [1.54, 1.807) is 60.4 Å². The van der Waals surface area contributed by atoms with E-state index in [-0.39, 0.29) is 17.7 Å². The first-order chi connectivity index (χ1) is 14.0. The van der Waals surface area contributed by atoms with E-state index < -0.39 is 5.97 Å². The van der Waals surface area contributed by atoms with Gasteiger partial charge in [0.15, 0.2) is 0 Å². The van der Waals surface area contributed by atoms with Crippen molar-refractivity contribution in [1.29, 1.82) is 0 Å². The maximum atomic E-state index is 12.6. The molecule has 0 radical (unpaired) electrons. The Morgan fingerprint density at radius 3 is 2.52 bits per heavy atom. The van der Waals surface area contributed by atoms with Crippen molar-refractivity contribution in [2.75, 3.05) is 25.0 Å². The molecule has 29 heavy (non-hydrogen) atoms. The van der Waals surface area contributed by atoms with Crippen LogP contribution >= 0.6 is 11.6 Å². The zero-order valence-electron chi connectivity index (χ0n) is 16.2. The molecule has 1 aliphatic rings. The minimum absolute atomic E-state index is 0.114. The van der Waals surface area contributed by atoms with E-state index in [9.17, 15) is 14.4 Å². The molecule has 7 heteroatoms. The summed E-state index contributed by atoms with van der Waals surface area (Å²) in [7, 11) is 0. The molecule has 2 aromatic carbocycles. The molecule has 0 aromatic heterocycles. The molecule has 1 N–H and O–H groups in total. The van der Waals surface area contributed by atoms with Crippen molar-refractivity contribution in [2.45, 2.75) is 19.8 Å². The number of piperidine rings is 1. The number of carbonyl (C=O) groups is 3. The predicted octanol–water partition coefficient (Wildman–Crippen LogP) is 4.01. The second kappa shape index (κ2) is 9.56. The first-order valence-electron chi connectivity index (χ1n) is 9.61. The Labute approximate surface area is 174 Å². The van der Waals surface area contributed by atoms with Gasteiger partial charge in [-0.15, -0.1) is 0 Å². The fraction of sp³-hybridized carbons (Fsp3) is 0.318. The maximum Gasteiger partial charge on any atom is 0.338 e. The number of anilines is 1.